The van der Waals surface area contributed by atoms with Crippen molar-refractivity contribution in [2.75, 3.05) is 13.2 Å². The van der Waals surface area contributed by atoms with E-state index < -0.39 is 0 Å². The molecule has 0 unspecified atom stereocenters. The highest BCUT2D eigenvalue weighted by Gasteiger charge is 2.23. The number of hydrogen-bond acceptors (Lipinski definition) is 3. The number of carbonyl (C=O) groups excluding carboxylic acids is 2. The smallest absolute Gasteiger partial charge is 0.251 e. The SMILES string of the molecule is CCCCOc1ccc(C(=O)NCC(=O)N[C@H]2CCc3ccccc32)cc1. The fourth-order valence-corrected chi connectivity index (χ4v) is 3.25. The van der Waals surface area contributed by atoms with Gasteiger partial charge in [0, 0.05) is 5.56 Å². The maximum Gasteiger partial charge on any atom is 0.251 e. The van der Waals surface area contributed by atoms with Crippen LogP contribution in [-0.4, -0.2) is 25.0 Å². The average molecular weight is 366 g/mol. The zero-order valence-electron chi connectivity index (χ0n) is 15.7. The van der Waals surface area contributed by atoms with E-state index in [9.17, 15) is 9.59 Å². The Morgan fingerprint density at radius 1 is 1.11 bits per heavy atom. The van der Waals surface area contributed by atoms with Gasteiger partial charge in [-0.2, -0.15) is 0 Å². The van der Waals surface area contributed by atoms with Gasteiger partial charge in [-0.25, -0.2) is 0 Å². The molecule has 0 aliphatic heterocycles. The maximum absolute atomic E-state index is 12.2. The molecule has 0 aromatic heterocycles. The fraction of sp³-hybridized carbons (Fsp3) is 0.364. The molecule has 1 aliphatic rings. The number of benzene rings is 2. The van der Waals surface area contributed by atoms with Crippen molar-refractivity contribution in [3.63, 3.8) is 0 Å². The molecule has 2 aromatic carbocycles. The van der Waals surface area contributed by atoms with Gasteiger partial charge in [0.2, 0.25) is 5.91 Å². The lowest BCUT2D eigenvalue weighted by atomic mass is 10.1. The van der Waals surface area contributed by atoms with E-state index in [-0.39, 0.29) is 24.4 Å². The fourth-order valence-electron chi connectivity index (χ4n) is 3.25. The summed E-state index contributed by atoms with van der Waals surface area (Å²) in [6.07, 6.45) is 3.95. The molecule has 0 spiro atoms. The molecule has 1 aliphatic carbocycles. The highest BCUT2D eigenvalue weighted by molar-refractivity contribution is 5.96. The molecule has 2 N–H and O–H groups in total. The Kier molecular flexibility index (Phi) is 6.47. The molecule has 2 amide bonds. The van der Waals surface area contributed by atoms with Crippen LogP contribution >= 0.6 is 0 Å². The van der Waals surface area contributed by atoms with Crippen LogP contribution in [0.25, 0.3) is 0 Å². The summed E-state index contributed by atoms with van der Waals surface area (Å²) < 4.78 is 5.59. The first-order chi connectivity index (χ1) is 13.2. The molecule has 0 heterocycles. The number of ether oxygens (including phenoxy) is 1. The summed E-state index contributed by atoms with van der Waals surface area (Å²) in [7, 11) is 0. The largest absolute Gasteiger partial charge is 0.494 e. The summed E-state index contributed by atoms with van der Waals surface area (Å²) in [6.45, 7) is 2.75. The number of nitrogens with one attached hydrogen (secondary N) is 2. The number of hydrogen-bond donors (Lipinski definition) is 2. The predicted molar refractivity (Wildman–Crippen MR) is 105 cm³/mol. The van der Waals surface area contributed by atoms with E-state index >= 15 is 0 Å². The molecular weight excluding hydrogens is 340 g/mol. The van der Waals surface area contributed by atoms with Gasteiger partial charge in [0.05, 0.1) is 19.2 Å². The lowest BCUT2D eigenvalue weighted by Crippen LogP contribution is -2.38. The van der Waals surface area contributed by atoms with Gasteiger partial charge in [-0.05, 0) is 54.7 Å². The van der Waals surface area contributed by atoms with Gasteiger partial charge in [-0.15, -0.1) is 0 Å². The van der Waals surface area contributed by atoms with Crippen molar-refractivity contribution >= 4 is 11.8 Å². The summed E-state index contributed by atoms with van der Waals surface area (Å²) in [5, 5.41) is 5.68. The van der Waals surface area contributed by atoms with E-state index in [0.717, 1.165) is 31.4 Å². The number of aryl methyl sites for hydroxylation is 1. The molecule has 1 atom stereocenters. The average Bonchev–Trinajstić information content (AvgIpc) is 3.10. The number of carbonyl (C=O) groups is 2. The van der Waals surface area contributed by atoms with Crippen LogP contribution in [0.2, 0.25) is 0 Å². The minimum atomic E-state index is -0.267. The normalized spacial score (nSPS) is 15.1. The summed E-state index contributed by atoms with van der Waals surface area (Å²) in [6, 6.07) is 15.2. The van der Waals surface area contributed by atoms with Crippen molar-refractivity contribution in [2.45, 2.75) is 38.6 Å². The second kappa shape index (κ2) is 9.21. The third-order valence-electron chi connectivity index (χ3n) is 4.76. The standard InChI is InChI=1S/C22H26N2O3/c1-2-3-14-27-18-11-8-17(9-12-18)22(26)23-15-21(25)24-20-13-10-16-6-4-5-7-19(16)20/h4-9,11-12,20H,2-3,10,13-15H2,1H3,(H,23,26)(H,24,25)/t20-/m0/s1. The Labute approximate surface area is 160 Å². The molecule has 27 heavy (non-hydrogen) atoms. The highest BCUT2D eigenvalue weighted by atomic mass is 16.5. The third-order valence-corrected chi connectivity index (χ3v) is 4.76. The second-order valence-corrected chi connectivity index (χ2v) is 6.77. The monoisotopic (exact) mass is 366 g/mol. The van der Waals surface area contributed by atoms with Gasteiger partial charge in [-0.3, -0.25) is 9.59 Å². The molecule has 5 heteroatoms. The van der Waals surface area contributed by atoms with E-state index in [4.69, 9.17) is 4.74 Å². The summed E-state index contributed by atoms with van der Waals surface area (Å²) in [5.74, 6) is 0.305. The third kappa shape index (κ3) is 5.09. The van der Waals surface area contributed by atoms with E-state index in [2.05, 4.69) is 29.7 Å². The number of amides is 2. The van der Waals surface area contributed by atoms with Crippen molar-refractivity contribution in [3.8, 4) is 5.75 Å². The van der Waals surface area contributed by atoms with Crippen LogP contribution in [0, 0.1) is 0 Å². The predicted octanol–water partition coefficient (Wildman–Crippen LogP) is 3.40. The van der Waals surface area contributed by atoms with Gasteiger partial charge in [0.1, 0.15) is 5.75 Å². The van der Waals surface area contributed by atoms with Crippen LogP contribution in [0.4, 0.5) is 0 Å². The van der Waals surface area contributed by atoms with E-state index in [0.29, 0.717) is 12.2 Å². The Balaban J connectivity index is 1.45. The summed E-state index contributed by atoms with van der Waals surface area (Å²) in [5.41, 5.74) is 2.97. The zero-order chi connectivity index (χ0) is 19.1. The van der Waals surface area contributed by atoms with Crippen molar-refractivity contribution in [1.82, 2.24) is 10.6 Å². The van der Waals surface area contributed by atoms with Crippen LogP contribution in [0.15, 0.2) is 48.5 Å². The van der Waals surface area contributed by atoms with Crippen molar-refractivity contribution in [3.05, 3.63) is 65.2 Å². The summed E-state index contributed by atoms with van der Waals surface area (Å²) >= 11 is 0. The lowest BCUT2D eigenvalue weighted by molar-refractivity contribution is -0.120. The number of unbranched alkanes of at least 4 members (excludes halogenated alkanes) is 1. The van der Waals surface area contributed by atoms with Gasteiger partial charge in [0.25, 0.3) is 5.91 Å². The van der Waals surface area contributed by atoms with Crippen LogP contribution < -0.4 is 15.4 Å². The van der Waals surface area contributed by atoms with Crippen LogP contribution in [0.3, 0.4) is 0 Å². The molecule has 3 rings (SSSR count). The molecule has 0 saturated heterocycles. The van der Waals surface area contributed by atoms with Crippen molar-refractivity contribution in [2.24, 2.45) is 0 Å². The van der Waals surface area contributed by atoms with Gasteiger partial charge in [0.15, 0.2) is 0 Å². The number of fused-ring (bicyclic) bond motifs is 1. The van der Waals surface area contributed by atoms with E-state index in [1.54, 1.807) is 24.3 Å². The lowest BCUT2D eigenvalue weighted by Gasteiger charge is -2.14. The first-order valence-corrected chi connectivity index (χ1v) is 9.55. The maximum atomic E-state index is 12.2. The van der Waals surface area contributed by atoms with Gasteiger partial charge < -0.3 is 15.4 Å². The van der Waals surface area contributed by atoms with Crippen LogP contribution in [0.5, 0.6) is 5.75 Å². The zero-order valence-corrected chi connectivity index (χ0v) is 15.7. The van der Waals surface area contributed by atoms with Gasteiger partial charge >= 0.3 is 0 Å². The molecule has 2 aromatic rings. The van der Waals surface area contributed by atoms with E-state index in [1.165, 1.54) is 11.1 Å². The van der Waals surface area contributed by atoms with Crippen molar-refractivity contribution < 1.29 is 14.3 Å². The van der Waals surface area contributed by atoms with Gasteiger partial charge in [-0.1, -0.05) is 37.6 Å². The van der Waals surface area contributed by atoms with Crippen LogP contribution in [0.1, 0.15) is 53.7 Å². The highest BCUT2D eigenvalue weighted by Crippen LogP contribution is 2.30. The van der Waals surface area contributed by atoms with Crippen molar-refractivity contribution in [1.29, 1.82) is 0 Å². The molecule has 0 bridgehead atoms. The quantitative estimate of drug-likeness (QED) is 0.704. The second-order valence-electron chi connectivity index (χ2n) is 6.77. The van der Waals surface area contributed by atoms with E-state index in [1.807, 2.05) is 12.1 Å². The Morgan fingerprint density at radius 2 is 1.89 bits per heavy atom. The molecule has 0 saturated carbocycles. The minimum Gasteiger partial charge on any atom is -0.494 e. The Morgan fingerprint density at radius 3 is 2.67 bits per heavy atom. The number of rotatable bonds is 8. The topological polar surface area (TPSA) is 67.4 Å². The molecule has 142 valence electrons. The van der Waals surface area contributed by atoms with Crippen LogP contribution in [-0.2, 0) is 11.2 Å². The minimum absolute atomic E-state index is 0.0326. The molecule has 0 radical (unpaired) electrons. The Bertz CT molecular complexity index is 786. The first-order valence-electron chi connectivity index (χ1n) is 9.55. The molecular formula is C22H26N2O3. The molecule has 0 fully saturated rings. The summed E-state index contributed by atoms with van der Waals surface area (Å²) in [4.78, 5) is 24.4. The Hall–Kier alpha value is -2.82. The molecule has 5 nitrogen and oxygen atoms in total. The first kappa shape index (κ1) is 19.0.